The Hall–Kier alpha value is -1.63. The van der Waals surface area contributed by atoms with Crippen molar-refractivity contribution in [2.24, 2.45) is 5.92 Å². The first-order chi connectivity index (χ1) is 11.0. The minimum atomic E-state index is -0.745. The van der Waals surface area contributed by atoms with E-state index in [1.54, 1.807) is 11.8 Å². The van der Waals surface area contributed by atoms with E-state index in [0.29, 0.717) is 31.8 Å². The van der Waals surface area contributed by atoms with Crippen LogP contribution in [0.3, 0.4) is 0 Å². The second-order valence-corrected chi connectivity index (χ2v) is 7.07. The molecule has 2 heterocycles. The molecule has 0 aromatic rings. The molecule has 3 fully saturated rings. The van der Waals surface area contributed by atoms with Gasteiger partial charge in [0.1, 0.15) is 11.6 Å². The highest BCUT2D eigenvalue weighted by Crippen LogP contribution is 2.36. The van der Waals surface area contributed by atoms with Crippen molar-refractivity contribution < 1.29 is 14.4 Å². The first-order valence-corrected chi connectivity index (χ1v) is 8.58. The number of rotatable bonds is 4. The van der Waals surface area contributed by atoms with Gasteiger partial charge in [-0.1, -0.05) is 12.8 Å². The van der Waals surface area contributed by atoms with Crippen molar-refractivity contribution in [1.29, 1.82) is 0 Å². The zero-order chi connectivity index (χ0) is 16.6. The summed E-state index contributed by atoms with van der Waals surface area (Å²) in [6.45, 7) is 3.94. The normalized spacial score (nSPS) is 27.8. The van der Waals surface area contributed by atoms with Gasteiger partial charge < -0.3 is 15.5 Å². The van der Waals surface area contributed by atoms with Gasteiger partial charge in [-0.25, -0.2) is 9.69 Å². The van der Waals surface area contributed by atoms with Gasteiger partial charge in [0.15, 0.2) is 0 Å². The van der Waals surface area contributed by atoms with Crippen molar-refractivity contribution in [3.05, 3.63) is 0 Å². The van der Waals surface area contributed by atoms with Crippen LogP contribution in [0.1, 0.15) is 39.0 Å². The Morgan fingerprint density at radius 1 is 1.39 bits per heavy atom. The molecule has 0 unspecified atom stereocenters. The van der Waals surface area contributed by atoms with E-state index in [0.717, 1.165) is 30.7 Å². The predicted molar refractivity (Wildman–Crippen MR) is 84.7 cm³/mol. The summed E-state index contributed by atoms with van der Waals surface area (Å²) in [6, 6.07) is -1.14. The van der Waals surface area contributed by atoms with Crippen LogP contribution >= 0.6 is 0 Å². The molecule has 2 atom stereocenters. The van der Waals surface area contributed by atoms with E-state index in [4.69, 9.17) is 0 Å². The second-order valence-electron chi connectivity index (χ2n) is 7.07. The van der Waals surface area contributed by atoms with Crippen LogP contribution in [0.15, 0.2) is 0 Å². The molecule has 1 aliphatic carbocycles. The summed E-state index contributed by atoms with van der Waals surface area (Å²) >= 11 is 0. The Morgan fingerprint density at radius 3 is 2.74 bits per heavy atom. The van der Waals surface area contributed by atoms with Crippen LogP contribution in [0.25, 0.3) is 0 Å². The number of hydrogen-bond acceptors (Lipinski definition) is 4. The predicted octanol–water partition coefficient (Wildman–Crippen LogP) is 0.307. The number of carbonyl (C=O) groups excluding carboxylic acids is 3. The van der Waals surface area contributed by atoms with Gasteiger partial charge in [-0.15, -0.1) is 0 Å². The molecule has 128 valence electrons. The standard InChI is InChI=1S/C16H26N4O3/c1-11(13(21)19-8-5-12(10-19)9-17-2)20-14(22)16(18-15(20)23)6-3-4-7-16/h11-12,17H,3-10H2,1-2H3,(H,18,23)/t11-,12-/m1/s1. The summed E-state index contributed by atoms with van der Waals surface area (Å²) in [5.74, 6) is 0.106. The van der Waals surface area contributed by atoms with Crippen molar-refractivity contribution in [3.63, 3.8) is 0 Å². The average molecular weight is 322 g/mol. The van der Waals surface area contributed by atoms with Crippen LogP contribution in [0.2, 0.25) is 0 Å². The zero-order valence-corrected chi connectivity index (χ0v) is 13.9. The van der Waals surface area contributed by atoms with E-state index >= 15 is 0 Å². The van der Waals surface area contributed by atoms with Crippen molar-refractivity contribution in [1.82, 2.24) is 20.4 Å². The monoisotopic (exact) mass is 322 g/mol. The largest absolute Gasteiger partial charge is 0.341 e. The van der Waals surface area contributed by atoms with E-state index in [2.05, 4.69) is 10.6 Å². The van der Waals surface area contributed by atoms with Crippen molar-refractivity contribution in [3.8, 4) is 0 Å². The molecule has 7 nitrogen and oxygen atoms in total. The van der Waals surface area contributed by atoms with E-state index in [1.165, 1.54) is 0 Å². The van der Waals surface area contributed by atoms with Gasteiger partial charge in [-0.3, -0.25) is 9.59 Å². The maximum atomic E-state index is 12.7. The Labute approximate surface area is 136 Å². The molecule has 4 amide bonds. The molecule has 2 aliphatic heterocycles. The molecule has 3 rings (SSSR count). The molecule has 3 aliphatic rings. The van der Waals surface area contributed by atoms with Crippen LogP contribution in [0, 0.1) is 5.92 Å². The first-order valence-electron chi connectivity index (χ1n) is 8.58. The minimum Gasteiger partial charge on any atom is -0.341 e. The minimum absolute atomic E-state index is 0.123. The molecule has 1 saturated carbocycles. The molecule has 0 aromatic carbocycles. The van der Waals surface area contributed by atoms with Crippen molar-refractivity contribution >= 4 is 17.8 Å². The third kappa shape index (κ3) is 2.71. The van der Waals surface area contributed by atoms with Crippen LogP contribution in [-0.4, -0.2) is 65.9 Å². The smallest absolute Gasteiger partial charge is 0.325 e. The molecule has 0 bridgehead atoms. The fraction of sp³-hybridized carbons (Fsp3) is 0.812. The van der Waals surface area contributed by atoms with Crippen LogP contribution in [0.5, 0.6) is 0 Å². The maximum Gasteiger partial charge on any atom is 0.325 e. The number of nitrogens with zero attached hydrogens (tertiary/aromatic N) is 2. The summed E-state index contributed by atoms with van der Waals surface area (Å²) in [5, 5.41) is 5.98. The number of hydrogen-bond donors (Lipinski definition) is 2. The summed E-state index contributed by atoms with van der Waals surface area (Å²) in [6.07, 6.45) is 4.22. The SMILES string of the molecule is CNC[C@H]1CCN(C(=O)[C@@H](C)N2C(=O)NC3(CCCC3)C2=O)C1. The van der Waals surface area contributed by atoms with Gasteiger partial charge >= 0.3 is 6.03 Å². The molecule has 1 spiro atoms. The van der Waals surface area contributed by atoms with Crippen LogP contribution in [-0.2, 0) is 9.59 Å². The molecule has 23 heavy (non-hydrogen) atoms. The Balaban J connectivity index is 1.68. The Kier molecular flexibility index (Phi) is 4.31. The van der Waals surface area contributed by atoms with Crippen molar-refractivity contribution in [2.45, 2.75) is 50.6 Å². The van der Waals surface area contributed by atoms with Crippen molar-refractivity contribution in [2.75, 3.05) is 26.7 Å². The number of nitrogens with one attached hydrogen (secondary N) is 2. The van der Waals surface area contributed by atoms with E-state index < -0.39 is 17.6 Å². The summed E-state index contributed by atoms with van der Waals surface area (Å²) in [5.41, 5.74) is -0.745. The Morgan fingerprint density at radius 2 is 2.09 bits per heavy atom. The van der Waals surface area contributed by atoms with E-state index in [-0.39, 0.29) is 11.8 Å². The molecular weight excluding hydrogens is 296 g/mol. The summed E-state index contributed by atoms with van der Waals surface area (Å²) < 4.78 is 0. The topological polar surface area (TPSA) is 81.8 Å². The number of carbonyl (C=O) groups is 3. The van der Waals surface area contributed by atoms with Crippen LogP contribution in [0.4, 0.5) is 4.79 Å². The molecule has 0 radical (unpaired) electrons. The molecule has 2 saturated heterocycles. The van der Waals surface area contributed by atoms with Gasteiger partial charge in [0.2, 0.25) is 5.91 Å². The lowest BCUT2D eigenvalue weighted by Crippen LogP contribution is -2.50. The highest BCUT2D eigenvalue weighted by Gasteiger charge is 2.54. The zero-order valence-electron chi connectivity index (χ0n) is 13.9. The number of amides is 4. The molecular formula is C16H26N4O3. The highest BCUT2D eigenvalue weighted by molar-refractivity contribution is 6.09. The lowest BCUT2D eigenvalue weighted by molar-refractivity contribution is -0.142. The third-order valence-corrected chi connectivity index (χ3v) is 5.49. The average Bonchev–Trinajstić information content (AvgIpc) is 3.21. The molecule has 0 aromatic heterocycles. The lowest BCUT2D eigenvalue weighted by atomic mass is 9.97. The van der Waals surface area contributed by atoms with Gasteiger partial charge in [0.25, 0.3) is 5.91 Å². The van der Waals surface area contributed by atoms with Gasteiger partial charge in [-0.2, -0.15) is 0 Å². The summed E-state index contributed by atoms with van der Waals surface area (Å²) in [7, 11) is 1.90. The number of urea groups is 1. The quantitative estimate of drug-likeness (QED) is 0.730. The Bertz CT molecular complexity index is 515. The molecule has 2 N–H and O–H groups in total. The van der Waals surface area contributed by atoms with Gasteiger partial charge in [-0.05, 0) is 45.7 Å². The first kappa shape index (κ1) is 16.2. The fourth-order valence-electron chi connectivity index (χ4n) is 4.17. The fourth-order valence-corrected chi connectivity index (χ4v) is 4.17. The molecule has 7 heteroatoms. The summed E-state index contributed by atoms with van der Waals surface area (Å²) in [4.78, 5) is 40.7. The number of imide groups is 1. The van der Waals surface area contributed by atoms with Crippen LogP contribution < -0.4 is 10.6 Å². The third-order valence-electron chi connectivity index (χ3n) is 5.49. The second kappa shape index (κ2) is 6.11. The number of likely N-dealkylation sites (tertiary alicyclic amines) is 1. The van der Waals surface area contributed by atoms with E-state index in [1.807, 2.05) is 7.05 Å². The van der Waals surface area contributed by atoms with E-state index in [9.17, 15) is 14.4 Å². The highest BCUT2D eigenvalue weighted by atomic mass is 16.2. The van der Waals surface area contributed by atoms with Gasteiger partial charge in [0.05, 0.1) is 0 Å². The van der Waals surface area contributed by atoms with Gasteiger partial charge in [0, 0.05) is 13.1 Å². The maximum absolute atomic E-state index is 12.7. The lowest BCUT2D eigenvalue weighted by Gasteiger charge is -2.27.